The SMILES string of the molecule is CCCCCC1COPS1. The Bertz CT molecular complexity index is 83.7. The first-order chi connectivity index (χ1) is 4.93. The first-order valence-corrected chi connectivity index (χ1v) is 6.47. The van der Waals surface area contributed by atoms with Crippen LogP contribution < -0.4 is 0 Å². The summed E-state index contributed by atoms with van der Waals surface area (Å²) in [5.41, 5.74) is 0. The summed E-state index contributed by atoms with van der Waals surface area (Å²) in [5.74, 6) is 0. The van der Waals surface area contributed by atoms with Crippen molar-refractivity contribution in [2.24, 2.45) is 0 Å². The van der Waals surface area contributed by atoms with E-state index in [1.807, 2.05) is 11.4 Å². The molecule has 0 spiro atoms. The van der Waals surface area contributed by atoms with Gasteiger partial charge in [-0.05, 0) is 6.42 Å². The molecule has 1 saturated heterocycles. The lowest BCUT2D eigenvalue weighted by Crippen LogP contribution is -2.01. The Kier molecular flexibility index (Phi) is 4.77. The average Bonchev–Trinajstić information content (AvgIpc) is 2.41. The summed E-state index contributed by atoms with van der Waals surface area (Å²) in [6.07, 6.45) is 5.48. The molecule has 1 fully saturated rings. The van der Waals surface area contributed by atoms with Crippen molar-refractivity contribution in [3.05, 3.63) is 0 Å². The van der Waals surface area contributed by atoms with E-state index in [-0.39, 0.29) is 0 Å². The van der Waals surface area contributed by atoms with Gasteiger partial charge in [-0.3, -0.25) is 0 Å². The van der Waals surface area contributed by atoms with Crippen LogP contribution in [0.15, 0.2) is 0 Å². The van der Waals surface area contributed by atoms with Crippen LogP contribution in [0.25, 0.3) is 0 Å². The van der Waals surface area contributed by atoms with Gasteiger partial charge in [0.25, 0.3) is 0 Å². The Morgan fingerprint density at radius 2 is 2.50 bits per heavy atom. The zero-order chi connectivity index (χ0) is 7.23. The van der Waals surface area contributed by atoms with Crippen molar-refractivity contribution in [3.63, 3.8) is 0 Å². The average molecular weight is 178 g/mol. The lowest BCUT2D eigenvalue weighted by molar-refractivity contribution is 0.369. The molecule has 0 aromatic heterocycles. The van der Waals surface area contributed by atoms with Gasteiger partial charge in [-0.15, -0.1) is 11.4 Å². The molecule has 0 aromatic rings. The maximum absolute atomic E-state index is 5.28. The predicted molar refractivity (Wildman–Crippen MR) is 49.8 cm³/mol. The summed E-state index contributed by atoms with van der Waals surface area (Å²) in [7, 11) is 0.718. The predicted octanol–water partition coefficient (Wildman–Crippen LogP) is 3.21. The number of hydrogen-bond donors (Lipinski definition) is 0. The van der Waals surface area contributed by atoms with E-state index in [4.69, 9.17) is 4.52 Å². The molecule has 3 heteroatoms. The fourth-order valence-electron chi connectivity index (χ4n) is 1.03. The molecule has 0 bridgehead atoms. The van der Waals surface area contributed by atoms with Crippen molar-refractivity contribution < 1.29 is 4.52 Å². The molecular weight excluding hydrogens is 163 g/mol. The summed E-state index contributed by atoms with van der Waals surface area (Å²) in [5, 5.41) is 0.824. The minimum absolute atomic E-state index is 0.718. The van der Waals surface area contributed by atoms with Crippen molar-refractivity contribution in [1.29, 1.82) is 0 Å². The molecule has 10 heavy (non-hydrogen) atoms. The van der Waals surface area contributed by atoms with Crippen molar-refractivity contribution >= 4 is 19.4 Å². The van der Waals surface area contributed by atoms with Crippen LogP contribution in [0.3, 0.4) is 0 Å². The molecule has 2 unspecified atom stereocenters. The first-order valence-electron chi connectivity index (χ1n) is 3.96. The Morgan fingerprint density at radius 1 is 1.60 bits per heavy atom. The van der Waals surface area contributed by atoms with Gasteiger partial charge in [-0.1, -0.05) is 26.2 Å². The highest BCUT2D eigenvalue weighted by molar-refractivity contribution is 8.48. The minimum atomic E-state index is 0.718. The van der Waals surface area contributed by atoms with E-state index in [9.17, 15) is 0 Å². The molecule has 0 amide bonds. The van der Waals surface area contributed by atoms with Gasteiger partial charge in [0.05, 0.1) is 14.6 Å². The second-order valence-corrected chi connectivity index (χ2v) is 5.19. The lowest BCUT2D eigenvalue weighted by Gasteiger charge is -2.03. The van der Waals surface area contributed by atoms with Crippen LogP contribution in [0.4, 0.5) is 0 Å². The Hall–Kier alpha value is 0.740. The monoisotopic (exact) mass is 178 g/mol. The minimum Gasteiger partial charge on any atom is -0.350 e. The van der Waals surface area contributed by atoms with Crippen molar-refractivity contribution in [1.82, 2.24) is 0 Å². The zero-order valence-corrected chi connectivity index (χ0v) is 8.25. The van der Waals surface area contributed by atoms with Crippen molar-refractivity contribution in [2.45, 2.75) is 37.9 Å². The van der Waals surface area contributed by atoms with Crippen LogP contribution in [0.2, 0.25) is 0 Å². The van der Waals surface area contributed by atoms with Crippen LogP contribution in [0.5, 0.6) is 0 Å². The third-order valence-corrected chi connectivity index (χ3v) is 4.40. The highest BCUT2D eigenvalue weighted by Crippen LogP contribution is 2.43. The maximum atomic E-state index is 5.28. The van der Waals surface area contributed by atoms with Crippen molar-refractivity contribution in [2.75, 3.05) is 6.61 Å². The molecule has 1 rings (SSSR count). The number of rotatable bonds is 4. The molecule has 1 heterocycles. The van der Waals surface area contributed by atoms with E-state index in [2.05, 4.69) is 6.92 Å². The first kappa shape index (κ1) is 8.83. The normalized spacial score (nSPS) is 27.9. The summed E-state index contributed by atoms with van der Waals surface area (Å²) >= 11 is 2.00. The van der Waals surface area contributed by atoms with Gasteiger partial charge in [-0.2, -0.15) is 0 Å². The van der Waals surface area contributed by atoms with Gasteiger partial charge in [0.15, 0.2) is 0 Å². The standard InChI is InChI=1S/C7H15OPS/c1-2-3-4-5-7-6-8-9-10-7/h7,9H,2-6H2,1H3. The Labute approximate surface area is 68.9 Å². The van der Waals surface area contributed by atoms with E-state index in [1.165, 1.54) is 25.7 Å². The maximum Gasteiger partial charge on any atom is 0.0748 e. The smallest absolute Gasteiger partial charge is 0.0748 e. The van der Waals surface area contributed by atoms with Crippen molar-refractivity contribution in [3.8, 4) is 0 Å². The van der Waals surface area contributed by atoms with E-state index in [0.29, 0.717) is 0 Å². The fraction of sp³-hybridized carbons (Fsp3) is 1.00. The molecule has 0 saturated carbocycles. The number of unbranched alkanes of at least 4 members (excludes halogenated alkanes) is 2. The Morgan fingerprint density at radius 3 is 3.10 bits per heavy atom. The second kappa shape index (κ2) is 5.40. The van der Waals surface area contributed by atoms with E-state index < -0.39 is 0 Å². The highest BCUT2D eigenvalue weighted by Gasteiger charge is 2.15. The van der Waals surface area contributed by atoms with Crippen LogP contribution in [0, 0.1) is 0 Å². The second-order valence-electron chi connectivity index (χ2n) is 2.63. The number of hydrogen-bond acceptors (Lipinski definition) is 2. The molecular formula is C7H15OPS. The van der Waals surface area contributed by atoms with E-state index in [1.54, 1.807) is 0 Å². The van der Waals surface area contributed by atoms with Gasteiger partial charge in [0.2, 0.25) is 0 Å². The molecule has 2 atom stereocenters. The molecule has 0 aromatic carbocycles. The molecule has 0 radical (unpaired) electrons. The summed E-state index contributed by atoms with van der Waals surface area (Å²) < 4.78 is 5.28. The molecule has 1 aliphatic heterocycles. The van der Waals surface area contributed by atoms with Crippen LogP contribution in [0.1, 0.15) is 32.6 Å². The third-order valence-electron chi connectivity index (χ3n) is 1.67. The summed E-state index contributed by atoms with van der Waals surface area (Å²) in [4.78, 5) is 0. The van der Waals surface area contributed by atoms with Gasteiger partial charge < -0.3 is 4.52 Å². The zero-order valence-electron chi connectivity index (χ0n) is 6.43. The van der Waals surface area contributed by atoms with Gasteiger partial charge in [-0.25, -0.2) is 0 Å². The summed E-state index contributed by atoms with van der Waals surface area (Å²) in [6.45, 7) is 3.26. The van der Waals surface area contributed by atoms with E-state index in [0.717, 1.165) is 19.9 Å². The third kappa shape index (κ3) is 3.23. The molecule has 1 aliphatic rings. The molecule has 0 N–H and O–H groups in total. The summed E-state index contributed by atoms with van der Waals surface area (Å²) in [6, 6.07) is 0. The topological polar surface area (TPSA) is 9.23 Å². The van der Waals surface area contributed by atoms with Crippen LogP contribution in [-0.2, 0) is 4.52 Å². The molecule has 1 nitrogen and oxygen atoms in total. The fourth-order valence-corrected chi connectivity index (χ4v) is 3.42. The van der Waals surface area contributed by atoms with Crippen LogP contribution >= 0.6 is 19.4 Å². The highest BCUT2D eigenvalue weighted by atomic mass is 32.7. The Balaban J connectivity index is 1.91. The van der Waals surface area contributed by atoms with Gasteiger partial charge in [0, 0.05) is 5.25 Å². The van der Waals surface area contributed by atoms with Gasteiger partial charge in [0.1, 0.15) is 0 Å². The lowest BCUT2D eigenvalue weighted by atomic mass is 10.2. The molecule has 60 valence electrons. The molecule has 0 aliphatic carbocycles. The van der Waals surface area contributed by atoms with Crippen LogP contribution in [-0.4, -0.2) is 11.9 Å². The quantitative estimate of drug-likeness (QED) is 0.483. The van der Waals surface area contributed by atoms with Gasteiger partial charge >= 0.3 is 0 Å². The largest absolute Gasteiger partial charge is 0.350 e. The van der Waals surface area contributed by atoms with E-state index >= 15 is 0 Å².